The van der Waals surface area contributed by atoms with Gasteiger partial charge in [0.25, 0.3) is 5.91 Å². The second kappa shape index (κ2) is 11.9. The van der Waals surface area contributed by atoms with E-state index in [0.29, 0.717) is 18.7 Å². The molecule has 0 spiro atoms. The van der Waals surface area contributed by atoms with E-state index in [4.69, 9.17) is 9.47 Å². The van der Waals surface area contributed by atoms with E-state index in [9.17, 15) is 14.4 Å². The lowest BCUT2D eigenvalue weighted by Crippen LogP contribution is -2.35. The summed E-state index contributed by atoms with van der Waals surface area (Å²) in [5.74, 6) is -0.684. The molecular formula is C21H23BrN2O5. The summed E-state index contributed by atoms with van der Waals surface area (Å²) in [5.41, 5.74) is 1.75. The topological polar surface area (TPSA) is 93.7 Å². The number of hydrogen-bond acceptors (Lipinski definition) is 5. The number of rotatable bonds is 10. The van der Waals surface area contributed by atoms with Crippen molar-refractivity contribution in [2.45, 2.75) is 19.8 Å². The smallest absolute Gasteiger partial charge is 0.306 e. The van der Waals surface area contributed by atoms with Crippen LogP contribution in [-0.2, 0) is 19.1 Å². The molecule has 2 rings (SSSR count). The van der Waals surface area contributed by atoms with Crippen LogP contribution in [0.1, 0.15) is 18.4 Å². The Hall–Kier alpha value is -2.87. The number of amides is 2. The second-order valence-electron chi connectivity index (χ2n) is 6.23. The minimum atomic E-state index is -0.545. The first-order chi connectivity index (χ1) is 13.9. The highest BCUT2D eigenvalue weighted by molar-refractivity contribution is 9.10. The summed E-state index contributed by atoms with van der Waals surface area (Å²) in [5, 5.41) is 5.06. The number of halogens is 1. The van der Waals surface area contributed by atoms with Gasteiger partial charge in [0.2, 0.25) is 5.91 Å². The van der Waals surface area contributed by atoms with Crippen molar-refractivity contribution >= 4 is 39.4 Å². The van der Waals surface area contributed by atoms with Crippen LogP contribution in [0.4, 0.5) is 5.69 Å². The largest absolute Gasteiger partial charge is 0.494 e. The number of ether oxygens (including phenoxy) is 2. The SMILES string of the molecule is Cc1ccc(OCCCC(=O)OCC(=O)NCC(=O)Nc2ccccc2Br)cc1. The molecule has 0 saturated heterocycles. The van der Waals surface area contributed by atoms with Gasteiger partial charge in [0, 0.05) is 10.9 Å². The van der Waals surface area contributed by atoms with E-state index in [1.165, 1.54) is 0 Å². The average molecular weight is 463 g/mol. The van der Waals surface area contributed by atoms with Gasteiger partial charge in [-0.2, -0.15) is 0 Å². The molecule has 2 N–H and O–H groups in total. The van der Waals surface area contributed by atoms with Crippen LogP contribution in [-0.4, -0.2) is 37.5 Å². The van der Waals surface area contributed by atoms with E-state index in [1.807, 2.05) is 37.3 Å². The van der Waals surface area contributed by atoms with Crippen molar-refractivity contribution in [3.63, 3.8) is 0 Å². The lowest BCUT2D eigenvalue weighted by molar-refractivity contribution is -0.148. The van der Waals surface area contributed by atoms with Crippen LogP contribution in [0.2, 0.25) is 0 Å². The third-order valence-corrected chi connectivity index (χ3v) is 4.46. The molecule has 2 aromatic carbocycles. The summed E-state index contributed by atoms with van der Waals surface area (Å²) in [6, 6.07) is 14.7. The number of aryl methyl sites for hydroxylation is 1. The summed E-state index contributed by atoms with van der Waals surface area (Å²) in [6.07, 6.45) is 0.615. The molecule has 0 radical (unpaired) electrons. The van der Waals surface area contributed by atoms with E-state index in [1.54, 1.807) is 18.2 Å². The van der Waals surface area contributed by atoms with Gasteiger partial charge in [0.1, 0.15) is 5.75 Å². The normalized spacial score (nSPS) is 10.1. The Kier molecular flexibility index (Phi) is 9.17. The molecule has 7 nitrogen and oxygen atoms in total. The van der Waals surface area contributed by atoms with Gasteiger partial charge in [-0.3, -0.25) is 14.4 Å². The van der Waals surface area contributed by atoms with Crippen LogP contribution in [0.15, 0.2) is 53.0 Å². The molecule has 0 aromatic heterocycles. The summed E-state index contributed by atoms with van der Waals surface area (Å²) in [6.45, 7) is 1.71. The van der Waals surface area contributed by atoms with Crippen molar-refractivity contribution in [2.24, 2.45) is 0 Å². The molecule has 0 heterocycles. The zero-order valence-corrected chi connectivity index (χ0v) is 17.7. The molecular weight excluding hydrogens is 440 g/mol. The van der Waals surface area contributed by atoms with Gasteiger partial charge >= 0.3 is 5.97 Å². The Morgan fingerprint density at radius 1 is 1.00 bits per heavy atom. The van der Waals surface area contributed by atoms with Crippen LogP contribution < -0.4 is 15.4 Å². The third-order valence-electron chi connectivity index (χ3n) is 3.77. The molecule has 29 heavy (non-hydrogen) atoms. The Balaban J connectivity index is 1.56. The average Bonchev–Trinajstić information content (AvgIpc) is 2.71. The number of hydrogen-bond donors (Lipinski definition) is 2. The molecule has 0 aliphatic rings. The van der Waals surface area contributed by atoms with Crippen LogP contribution in [0.25, 0.3) is 0 Å². The first kappa shape index (κ1) is 22.4. The third kappa shape index (κ3) is 8.78. The van der Waals surface area contributed by atoms with E-state index < -0.39 is 18.5 Å². The van der Waals surface area contributed by atoms with Crippen molar-refractivity contribution in [2.75, 3.05) is 25.1 Å². The number of carbonyl (C=O) groups is 3. The molecule has 0 fully saturated rings. The molecule has 2 amide bonds. The van der Waals surface area contributed by atoms with Gasteiger partial charge in [-0.05, 0) is 53.5 Å². The minimum Gasteiger partial charge on any atom is -0.494 e. The molecule has 0 bridgehead atoms. The van der Waals surface area contributed by atoms with E-state index in [2.05, 4.69) is 26.6 Å². The summed E-state index contributed by atoms with van der Waals surface area (Å²) >= 11 is 3.32. The van der Waals surface area contributed by atoms with E-state index in [0.717, 1.165) is 15.8 Å². The molecule has 0 atom stereocenters. The first-order valence-electron chi connectivity index (χ1n) is 9.10. The molecule has 0 unspecified atom stereocenters. The maximum absolute atomic E-state index is 11.8. The summed E-state index contributed by atoms with van der Waals surface area (Å²) in [4.78, 5) is 35.2. The number of benzene rings is 2. The molecule has 154 valence electrons. The Morgan fingerprint density at radius 3 is 2.45 bits per heavy atom. The van der Waals surface area contributed by atoms with Crippen molar-refractivity contribution in [1.29, 1.82) is 0 Å². The van der Waals surface area contributed by atoms with Crippen molar-refractivity contribution < 1.29 is 23.9 Å². The summed E-state index contributed by atoms with van der Waals surface area (Å²) < 4.78 is 11.2. The quantitative estimate of drug-likeness (QED) is 0.417. The highest BCUT2D eigenvalue weighted by Crippen LogP contribution is 2.20. The first-order valence-corrected chi connectivity index (χ1v) is 9.89. The fraction of sp³-hybridized carbons (Fsp3) is 0.286. The van der Waals surface area contributed by atoms with Crippen LogP contribution >= 0.6 is 15.9 Å². The van der Waals surface area contributed by atoms with Crippen LogP contribution in [0, 0.1) is 6.92 Å². The van der Waals surface area contributed by atoms with Gasteiger partial charge in [-0.1, -0.05) is 29.8 Å². The zero-order valence-electron chi connectivity index (χ0n) is 16.1. The fourth-order valence-electron chi connectivity index (χ4n) is 2.25. The predicted molar refractivity (Wildman–Crippen MR) is 113 cm³/mol. The van der Waals surface area contributed by atoms with Gasteiger partial charge in [0.05, 0.1) is 18.8 Å². The lowest BCUT2D eigenvalue weighted by Gasteiger charge is -2.09. The molecule has 2 aromatic rings. The molecule has 8 heteroatoms. The monoisotopic (exact) mass is 462 g/mol. The van der Waals surface area contributed by atoms with E-state index in [-0.39, 0.29) is 18.9 Å². The molecule has 0 saturated carbocycles. The number of carbonyl (C=O) groups excluding carboxylic acids is 3. The highest BCUT2D eigenvalue weighted by Gasteiger charge is 2.10. The lowest BCUT2D eigenvalue weighted by atomic mass is 10.2. The highest BCUT2D eigenvalue weighted by atomic mass is 79.9. The maximum Gasteiger partial charge on any atom is 0.306 e. The second-order valence-corrected chi connectivity index (χ2v) is 7.08. The van der Waals surface area contributed by atoms with Crippen molar-refractivity contribution in [3.8, 4) is 5.75 Å². The fourth-order valence-corrected chi connectivity index (χ4v) is 2.63. The molecule has 0 aliphatic carbocycles. The van der Waals surface area contributed by atoms with Gasteiger partial charge in [0.15, 0.2) is 6.61 Å². The Morgan fingerprint density at radius 2 is 1.72 bits per heavy atom. The number of anilines is 1. The van der Waals surface area contributed by atoms with E-state index >= 15 is 0 Å². The number of nitrogens with one attached hydrogen (secondary N) is 2. The zero-order chi connectivity index (χ0) is 21.1. The standard InChI is InChI=1S/C21H23BrN2O5/c1-15-8-10-16(11-9-15)28-12-4-7-21(27)29-14-20(26)23-13-19(25)24-18-6-3-2-5-17(18)22/h2-3,5-6,8-11H,4,7,12-14H2,1H3,(H,23,26)(H,24,25). The summed E-state index contributed by atoms with van der Waals surface area (Å²) in [7, 11) is 0. The molecule has 0 aliphatic heterocycles. The van der Waals surface area contributed by atoms with Gasteiger partial charge < -0.3 is 20.1 Å². The Bertz CT molecular complexity index is 839. The number of para-hydroxylation sites is 1. The van der Waals surface area contributed by atoms with Crippen molar-refractivity contribution in [1.82, 2.24) is 5.32 Å². The maximum atomic E-state index is 11.8. The number of esters is 1. The van der Waals surface area contributed by atoms with Crippen molar-refractivity contribution in [3.05, 3.63) is 58.6 Å². The van der Waals surface area contributed by atoms with Crippen LogP contribution in [0.3, 0.4) is 0 Å². The minimum absolute atomic E-state index is 0.141. The predicted octanol–water partition coefficient (Wildman–Crippen LogP) is 3.21. The van der Waals surface area contributed by atoms with Gasteiger partial charge in [-0.25, -0.2) is 0 Å². The van der Waals surface area contributed by atoms with Gasteiger partial charge in [-0.15, -0.1) is 0 Å². The Labute approximate surface area is 177 Å². The van der Waals surface area contributed by atoms with Crippen LogP contribution in [0.5, 0.6) is 5.75 Å².